The highest BCUT2D eigenvalue weighted by molar-refractivity contribution is 5.56. The fourth-order valence-electron chi connectivity index (χ4n) is 3.26. The Morgan fingerprint density at radius 3 is 2.62 bits per heavy atom. The average Bonchev–Trinajstić information content (AvgIpc) is 2.98. The van der Waals surface area contributed by atoms with Crippen molar-refractivity contribution < 1.29 is 4.74 Å². The van der Waals surface area contributed by atoms with E-state index in [2.05, 4.69) is 16.2 Å². The number of nitrogens with zero attached hydrogens (tertiary/aromatic N) is 4. The number of nitriles is 1. The molecule has 2 aromatic heterocycles. The summed E-state index contributed by atoms with van der Waals surface area (Å²) >= 11 is 0. The van der Waals surface area contributed by atoms with Gasteiger partial charge in [-0.25, -0.2) is 4.68 Å². The van der Waals surface area contributed by atoms with E-state index in [4.69, 9.17) is 10.5 Å². The van der Waals surface area contributed by atoms with Gasteiger partial charge in [0.15, 0.2) is 0 Å². The van der Waals surface area contributed by atoms with Gasteiger partial charge in [-0.2, -0.15) is 10.4 Å². The highest BCUT2D eigenvalue weighted by atomic mass is 16.5. The summed E-state index contributed by atoms with van der Waals surface area (Å²) in [7, 11) is 0. The first-order valence-corrected chi connectivity index (χ1v) is 8.24. The first-order chi connectivity index (χ1) is 12.6. The minimum atomic E-state index is -0.350. The third-order valence-corrected chi connectivity index (χ3v) is 4.53. The molecule has 6 heteroatoms. The molecule has 3 aromatic rings. The van der Waals surface area contributed by atoms with Gasteiger partial charge in [0.2, 0.25) is 11.8 Å². The average molecular weight is 343 g/mol. The van der Waals surface area contributed by atoms with Crippen LogP contribution in [-0.4, -0.2) is 14.8 Å². The Balaban J connectivity index is 1.95. The van der Waals surface area contributed by atoms with E-state index in [1.54, 1.807) is 17.1 Å². The Kier molecular flexibility index (Phi) is 3.70. The lowest BCUT2D eigenvalue weighted by atomic mass is 9.85. The second-order valence-electron chi connectivity index (χ2n) is 6.26. The molecule has 1 aliphatic rings. The number of hydrogen-bond acceptors (Lipinski definition) is 5. The van der Waals surface area contributed by atoms with E-state index in [0.29, 0.717) is 11.5 Å². The number of fused-ring (bicyclic) bond motifs is 1. The standard InChI is InChI=1S/C20H17N5O/c1-12-5-7-15(8-6-12)25-20-17(13(2)24-25)18(14-4-3-9-23-11-14)16(10-21)19(22)26-20/h3-9,11,18H,22H2,1-2H3. The van der Waals surface area contributed by atoms with Crippen LogP contribution in [0.3, 0.4) is 0 Å². The van der Waals surface area contributed by atoms with Crippen molar-refractivity contribution in [3.05, 3.63) is 82.6 Å². The first kappa shape index (κ1) is 15.9. The summed E-state index contributed by atoms with van der Waals surface area (Å²) in [6.07, 6.45) is 3.44. The summed E-state index contributed by atoms with van der Waals surface area (Å²) in [6, 6.07) is 13.9. The molecule has 6 nitrogen and oxygen atoms in total. The largest absolute Gasteiger partial charge is 0.422 e. The molecule has 0 saturated carbocycles. The van der Waals surface area contributed by atoms with Gasteiger partial charge in [-0.15, -0.1) is 0 Å². The van der Waals surface area contributed by atoms with Crippen LogP contribution >= 0.6 is 0 Å². The first-order valence-electron chi connectivity index (χ1n) is 8.24. The van der Waals surface area contributed by atoms with Crippen molar-refractivity contribution in [2.75, 3.05) is 0 Å². The quantitative estimate of drug-likeness (QED) is 0.772. The van der Waals surface area contributed by atoms with Gasteiger partial charge in [-0.1, -0.05) is 23.8 Å². The number of ether oxygens (including phenoxy) is 1. The normalized spacial score (nSPS) is 16.0. The molecule has 2 N–H and O–H groups in total. The molecular formula is C20H17N5O. The molecule has 0 bridgehead atoms. The molecule has 1 aliphatic heterocycles. The van der Waals surface area contributed by atoms with Gasteiger partial charge in [-0.3, -0.25) is 4.98 Å². The summed E-state index contributed by atoms with van der Waals surface area (Å²) < 4.78 is 7.57. The van der Waals surface area contributed by atoms with Crippen molar-refractivity contribution in [3.63, 3.8) is 0 Å². The third kappa shape index (κ3) is 2.42. The molecule has 0 fully saturated rings. The van der Waals surface area contributed by atoms with Crippen LogP contribution in [0, 0.1) is 25.2 Å². The molecule has 3 heterocycles. The van der Waals surface area contributed by atoms with Crippen molar-refractivity contribution in [2.45, 2.75) is 19.8 Å². The maximum atomic E-state index is 9.65. The second kappa shape index (κ2) is 6.05. The maximum absolute atomic E-state index is 9.65. The van der Waals surface area contributed by atoms with E-state index in [-0.39, 0.29) is 11.8 Å². The Morgan fingerprint density at radius 2 is 1.96 bits per heavy atom. The lowest BCUT2D eigenvalue weighted by molar-refractivity contribution is 0.367. The lowest BCUT2D eigenvalue weighted by Gasteiger charge is -2.24. The molecule has 0 radical (unpaired) electrons. The number of aryl methyl sites for hydroxylation is 2. The molecule has 0 aliphatic carbocycles. The second-order valence-corrected chi connectivity index (χ2v) is 6.26. The number of hydrogen-bond donors (Lipinski definition) is 1. The zero-order valence-corrected chi connectivity index (χ0v) is 14.5. The summed E-state index contributed by atoms with van der Waals surface area (Å²) in [6.45, 7) is 3.94. The Bertz CT molecular complexity index is 1040. The lowest BCUT2D eigenvalue weighted by Crippen LogP contribution is -2.22. The van der Waals surface area contributed by atoms with Gasteiger partial charge in [0.05, 0.1) is 22.9 Å². The number of rotatable bonds is 2. The Labute approximate surface area is 151 Å². The van der Waals surface area contributed by atoms with Crippen LogP contribution in [0.5, 0.6) is 5.88 Å². The van der Waals surface area contributed by atoms with Gasteiger partial charge >= 0.3 is 0 Å². The third-order valence-electron chi connectivity index (χ3n) is 4.53. The van der Waals surface area contributed by atoms with Crippen LogP contribution in [0.25, 0.3) is 5.69 Å². The molecule has 128 valence electrons. The minimum absolute atomic E-state index is 0.0992. The highest BCUT2D eigenvalue weighted by Gasteiger charge is 2.36. The smallest absolute Gasteiger partial charge is 0.229 e. The molecule has 0 saturated heterocycles. The summed E-state index contributed by atoms with van der Waals surface area (Å²) in [5.41, 5.74) is 11.0. The van der Waals surface area contributed by atoms with Crippen molar-refractivity contribution in [1.82, 2.24) is 14.8 Å². The fraction of sp³-hybridized carbons (Fsp3) is 0.150. The Morgan fingerprint density at radius 1 is 1.19 bits per heavy atom. The topological polar surface area (TPSA) is 89.8 Å². The van der Waals surface area contributed by atoms with E-state index < -0.39 is 0 Å². The summed E-state index contributed by atoms with van der Waals surface area (Å²) in [5, 5.41) is 14.3. The number of aromatic nitrogens is 3. The van der Waals surface area contributed by atoms with Crippen LogP contribution in [0.1, 0.15) is 28.3 Å². The molecule has 4 rings (SSSR count). The van der Waals surface area contributed by atoms with E-state index >= 15 is 0 Å². The SMILES string of the molecule is Cc1ccc(-n2nc(C)c3c2OC(N)=C(C#N)C3c2cccnc2)cc1. The number of benzene rings is 1. The van der Waals surface area contributed by atoms with Crippen molar-refractivity contribution in [1.29, 1.82) is 5.26 Å². The fourth-order valence-corrected chi connectivity index (χ4v) is 3.26. The molecule has 0 amide bonds. The van der Waals surface area contributed by atoms with Crippen LogP contribution in [0.4, 0.5) is 0 Å². The van der Waals surface area contributed by atoms with E-state index in [0.717, 1.165) is 28.1 Å². The van der Waals surface area contributed by atoms with Crippen LogP contribution in [0.2, 0.25) is 0 Å². The van der Waals surface area contributed by atoms with Gasteiger partial charge in [0, 0.05) is 12.4 Å². The molecule has 0 spiro atoms. The van der Waals surface area contributed by atoms with Crippen LogP contribution in [-0.2, 0) is 0 Å². The summed E-state index contributed by atoms with van der Waals surface area (Å²) in [4.78, 5) is 4.19. The van der Waals surface area contributed by atoms with Crippen molar-refractivity contribution >= 4 is 0 Å². The number of allylic oxidation sites excluding steroid dienone is 1. The molecule has 1 atom stereocenters. The van der Waals surface area contributed by atoms with Crippen LogP contribution < -0.4 is 10.5 Å². The van der Waals surface area contributed by atoms with Crippen molar-refractivity contribution in [2.24, 2.45) is 5.73 Å². The van der Waals surface area contributed by atoms with E-state index in [1.807, 2.05) is 50.2 Å². The Hall–Kier alpha value is -3.59. The zero-order valence-electron chi connectivity index (χ0n) is 14.5. The highest BCUT2D eigenvalue weighted by Crippen LogP contribution is 2.44. The summed E-state index contributed by atoms with van der Waals surface area (Å²) in [5.74, 6) is 0.287. The van der Waals surface area contributed by atoms with Gasteiger partial charge < -0.3 is 10.5 Å². The van der Waals surface area contributed by atoms with Crippen LogP contribution in [0.15, 0.2) is 60.2 Å². The van der Waals surface area contributed by atoms with Gasteiger partial charge in [0.25, 0.3) is 0 Å². The molecule has 1 aromatic carbocycles. The van der Waals surface area contributed by atoms with Gasteiger partial charge in [0.1, 0.15) is 11.6 Å². The molecule has 26 heavy (non-hydrogen) atoms. The van der Waals surface area contributed by atoms with E-state index in [9.17, 15) is 5.26 Å². The van der Waals surface area contributed by atoms with Gasteiger partial charge in [-0.05, 0) is 37.6 Å². The predicted molar refractivity (Wildman–Crippen MR) is 96.6 cm³/mol. The van der Waals surface area contributed by atoms with Crippen molar-refractivity contribution in [3.8, 4) is 17.6 Å². The monoisotopic (exact) mass is 343 g/mol. The minimum Gasteiger partial charge on any atom is -0.422 e. The molecule has 1 unspecified atom stereocenters. The zero-order chi connectivity index (χ0) is 18.3. The number of nitrogens with two attached hydrogens (primary N) is 1. The number of pyridine rings is 1. The predicted octanol–water partition coefficient (Wildman–Crippen LogP) is 3.10. The molecular weight excluding hydrogens is 326 g/mol. The maximum Gasteiger partial charge on any atom is 0.229 e. The van der Waals surface area contributed by atoms with E-state index in [1.165, 1.54) is 0 Å².